The minimum absolute atomic E-state index is 0.0218. The summed E-state index contributed by atoms with van der Waals surface area (Å²) in [4.78, 5) is 0. The van der Waals surface area contributed by atoms with Gasteiger partial charge in [0.2, 0.25) is 0 Å². The number of rotatable bonds is 9. The highest BCUT2D eigenvalue weighted by Gasteiger charge is 2.56. The Balaban J connectivity index is 2.31. The zero-order chi connectivity index (χ0) is 26.7. The van der Waals surface area contributed by atoms with E-state index >= 15 is 0 Å². The maximum atomic E-state index is 6.91. The molecule has 0 spiro atoms. The fourth-order valence-corrected chi connectivity index (χ4v) is 9.86. The lowest BCUT2D eigenvalue weighted by atomic mass is 9.72. The van der Waals surface area contributed by atoms with Gasteiger partial charge in [-0.05, 0) is 57.5 Å². The topological polar surface area (TPSA) is 36.9 Å². The van der Waals surface area contributed by atoms with Crippen LogP contribution in [0.2, 0.25) is 0 Å². The molecule has 0 aromatic rings. The molecule has 0 radical (unpaired) electrons. The molecule has 1 saturated carbocycles. The van der Waals surface area contributed by atoms with Crippen molar-refractivity contribution in [1.82, 2.24) is 0 Å². The van der Waals surface area contributed by atoms with E-state index in [0.717, 1.165) is 6.42 Å². The van der Waals surface area contributed by atoms with Crippen LogP contribution in [0.4, 0.5) is 0 Å². The molecule has 0 N–H and O–H groups in total. The zero-order valence-electron chi connectivity index (χ0n) is 24.8. The van der Waals surface area contributed by atoms with Crippen LogP contribution in [0.3, 0.4) is 0 Å². The summed E-state index contributed by atoms with van der Waals surface area (Å²) in [6, 6.07) is 0. The van der Waals surface area contributed by atoms with Gasteiger partial charge in [0.1, 0.15) is 7.34 Å². The van der Waals surface area contributed by atoms with E-state index in [4.69, 9.17) is 18.5 Å². The molecule has 0 aromatic heterocycles. The molecule has 34 heavy (non-hydrogen) atoms. The molecule has 1 aliphatic carbocycles. The van der Waals surface area contributed by atoms with Crippen LogP contribution < -0.4 is 0 Å². The summed E-state index contributed by atoms with van der Waals surface area (Å²) < 4.78 is 26.3. The van der Waals surface area contributed by atoms with Gasteiger partial charge in [0.25, 0.3) is 0 Å². The van der Waals surface area contributed by atoms with Crippen molar-refractivity contribution in [3.05, 3.63) is 0 Å². The van der Waals surface area contributed by atoms with Crippen molar-refractivity contribution in [2.75, 3.05) is 27.1 Å². The first-order valence-electron chi connectivity index (χ1n) is 13.1. The molecule has 202 valence electrons. The second-order valence-corrected chi connectivity index (χ2v) is 20.7. The predicted octanol–water partition coefficient (Wildman–Crippen LogP) is 7.32. The number of hydrogen-bond acceptors (Lipinski definition) is 4. The van der Waals surface area contributed by atoms with Gasteiger partial charge in [-0.2, -0.15) is 0 Å². The van der Waals surface area contributed by atoms with Crippen molar-refractivity contribution >= 4 is 26.8 Å². The van der Waals surface area contributed by atoms with E-state index < -0.39 is 14.2 Å². The molecule has 0 bridgehead atoms. The molecule has 2 rings (SSSR count). The molecule has 6 heteroatoms. The molecular weight excluding hydrogens is 462 g/mol. The predicted molar refractivity (Wildman–Crippen MR) is 154 cm³/mol. The van der Waals surface area contributed by atoms with Crippen LogP contribution >= 0.6 is 14.2 Å². The summed E-state index contributed by atoms with van der Waals surface area (Å²) >= 11 is 0. The van der Waals surface area contributed by atoms with Crippen molar-refractivity contribution in [2.24, 2.45) is 29.1 Å². The molecule has 2 fully saturated rings. The van der Waals surface area contributed by atoms with Crippen LogP contribution in [-0.4, -0.2) is 74.9 Å². The van der Waals surface area contributed by atoms with Gasteiger partial charge in [0.05, 0.1) is 30.0 Å². The molecular formula is C28H56O4P2. The molecule has 4 nitrogen and oxygen atoms in total. The Kier molecular flexibility index (Phi) is 8.98. The van der Waals surface area contributed by atoms with Crippen LogP contribution in [0, 0.1) is 29.1 Å². The Bertz CT molecular complexity index is 811. The van der Waals surface area contributed by atoms with Crippen molar-refractivity contribution < 1.29 is 18.5 Å². The largest absolute Gasteiger partial charge is 0.381 e. The second kappa shape index (κ2) is 9.96. The molecule has 3 unspecified atom stereocenters. The highest BCUT2D eigenvalue weighted by Crippen LogP contribution is 2.63. The van der Waals surface area contributed by atoms with Crippen LogP contribution in [0.5, 0.6) is 0 Å². The van der Waals surface area contributed by atoms with Crippen LogP contribution in [0.1, 0.15) is 75.7 Å². The van der Waals surface area contributed by atoms with Crippen molar-refractivity contribution in [2.45, 2.75) is 111 Å². The summed E-state index contributed by atoms with van der Waals surface area (Å²) in [5, 5.41) is 0.0218. The maximum absolute atomic E-state index is 6.91. The monoisotopic (exact) mass is 518 g/mol. The highest BCUT2D eigenvalue weighted by atomic mass is 31.2. The van der Waals surface area contributed by atoms with E-state index in [0.29, 0.717) is 17.8 Å². The van der Waals surface area contributed by atoms with Gasteiger partial charge in [-0.15, -0.1) is 13.2 Å². The summed E-state index contributed by atoms with van der Waals surface area (Å²) in [7, 11) is -0.567. The first-order chi connectivity index (χ1) is 15.1. The quantitative estimate of drug-likeness (QED) is 0.300. The molecule has 1 aliphatic heterocycles. The van der Waals surface area contributed by atoms with Gasteiger partial charge in [-0.25, -0.2) is 0 Å². The second-order valence-electron chi connectivity index (χ2n) is 13.7. The Morgan fingerprint density at radius 1 is 0.853 bits per heavy atom. The van der Waals surface area contributed by atoms with E-state index in [9.17, 15) is 0 Å². The average molecular weight is 519 g/mol. The average Bonchev–Trinajstić information content (AvgIpc) is 3.11. The lowest BCUT2D eigenvalue weighted by molar-refractivity contribution is -0.0701. The fourth-order valence-electron chi connectivity index (χ4n) is 6.18. The Hall–Kier alpha value is 0.440. The van der Waals surface area contributed by atoms with E-state index in [2.05, 4.69) is 102 Å². The number of hydrogen-bond donors (Lipinski definition) is 0. The Morgan fingerprint density at radius 3 is 1.85 bits per heavy atom. The van der Waals surface area contributed by atoms with E-state index in [1.54, 1.807) is 0 Å². The third kappa shape index (κ3) is 5.63. The summed E-state index contributed by atoms with van der Waals surface area (Å²) in [5.74, 6) is 1.70. The van der Waals surface area contributed by atoms with Gasteiger partial charge in [0, 0.05) is 31.0 Å². The third-order valence-electron chi connectivity index (χ3n) is 10.1. The van der Waals surface area contributed by atoms with E-state index in [1.165, 1.54) is 0 Å². The lowest BCUT2D eigenvalue weighted by Gasteiger charge is -2.52. The summed E-state index contributed by atoms with van der Waals surface area (Å²) in [6.07, 6.45) is 10.4. The minimum Gasteiger partial charge on any atom is -0.381 e. The Labute approximate surface area is 212 Å². The lowest BCUT2D eigenvalue weighted by Crippen LogP contribution is -2.51. The van der Waals surface area contributed by atoms with Gasteiger partial charge in [0.15, 0.2) is 0 Å². The standard InChI is InChI=1S/C28H56O4P2/c1-18-17-22(23(29-11)19(18)2)27(7,8)32-34(15,16)31-24-20(3)21(4)30-25(24)26(5,6)28(9,10)33(12,13)14/h18-25H,12,15,17H2,1-11,13-14,16H3/t18-,19+,20+,21+,22?,23+,24+,25?,34?/m1/s1. The van der Waals surface area contributed by atoms with Crippen molar-refractivity contribution in [3.8, 4) is 0 Å². The van der Waals surface area contributed by atoms with Gasteiger partial charge in [-0.1, -0.05) is 54.8 Å². The fraction of sp³-hybridized carbons (Fsp3) is 0.929. The summed E-state index contributed by atoms with van der Waals surface area (Å²) in [5.41, 5.74) is -0.508. The molecule has 2 aliphatic rings. The third-order valence-corrected chi connectivity index (χ3v) is 15.2. The number of ether oxygens (including phenoxy) is 2. The SMILES string of the molecule is C=P(C)(O[C@@H]1C(C(C)(C)C(C)(C)P(=C)(C)C)O[C@@H](C)[C@@H]1C)OC(C)(C)C1C[C@@H](C)[C@H](C)[C@@H]1OC. The molecule has 0 aromatic carbocycles. The maximum Gasteiger partial charge on any atom is 0.115 e. The smallest absolute Gasteiger partial charge is 0.115 e. The Morgan fingerprint density at radius 2 is 1.38 bits per heavy atom. The van der Waals surface area contributed by atoms with Crippen LogP contribution in [0.15, 0.2) is 0 Å². The highest BCUT2D eigenvalue weighted by molar-refractivity contribution is 7.73. The summed E-state index contributed by atoms with van der Waals surface area (Å²) in [6.45, 7) is 28.1. The van der Waals surface area contributed by atoms with Crippen LogP contribution in [-0.2, 0) is 18.5 Å². The normalized spacial score (nSPS) is 37.7. The minimum atomic E-state index is -2.40. The van der Waals surface area contributed by atoms with E-state index in [-0.39, 0.29) is 46.5 Å². The molecule has 9 atom stereocenters. The molecule has 0 amide bonds. The number of methoxy groups -OCH3 is 1. The first kappa shape index (κ1) is 30.7. The van der Waals surface area contributed by atoms with Gasteiger partial charge < -0.3 is 18.5 Å². The first-order valence-corrected chi connectivity index (χ1v) is 18.2. The molecule has 1 saturated heterocycles. The van der Waals surface area contributed by atoms with Gasteiger partial charge in [-0.3, -0.25) is 0 Å². The zero-order valence-corrected chi connectivity index (χ0v) is 26.6. The van der Waals surface area contributed by atoms with Crippen molar-refractivity contribution in [1.29, 1.82) is 0 Å². The molecule has 1 heterocycles. The van der Waals surface area contributed by atoms with E-state index in [1.807, 2.05) is 7.11 Å². The van der Waals surface area contributed by atoms with Crippen molar-refractivity contribution in [3.63, 3.8) is 0 Å². The van der Waals surface area contributed by atoms with Gasteiger partial charge >= 0.3 is 0 Å². The van der Waals surface area contributed by atoms with Crippen LogP contribution in [0.25, 0.3) is 0 Å².